The maximum absolute atomic E-state index is 12.6. The second-order valence-electron chi connectivity index (χ2n) is 7.63. The molecular formula is C22H28N2O3S. The molecule has 0 saturated heterocycles. The van der Waals surface area contributed by atoms with Crippen LogP contribution >= 0.6 is 0 Å². The summed E-state index contributed by atoms with van der Waals surface area (Å²) in [7, 11) is -3.57. The maximum Gasteiger partial charge on any atom is 0.241 e. The highest BCUT2D eigenvalue weighted by Gasteiger charge is 2.22. The zero-order valence-electron chi connectivity index (χ0n) is 16.7. The Balaban J connectivity index is 1.71. The van der Waals surface area contributed by atoms with Gasteiger partial charge in [-0.05, 0) is 68.4 Å². The van der Waals surface area contributed by atoms with Crippen molar-refractivity contribution < 1.29 is 13.2 Å². The molecule has 28 heavy (non-hydrogen) atoms. The summed E-state index contributed by atoms with van der Waals surface area (Å²) in [6.45, 7) is 3.62. The van der Waals surface area contributed by atoms with Crippen LogP contribution < -0.4 is 9.62 Å². The zero-order valence-corrected chi connectivity index (χ0v) is 17.6. The Hall–Kier alpha value is -2.34. The van der Waals surface area contributed by atoms with Gasteiger partial charge in [-0.1, -0.05) is 35.9 Å². The van der Waals surface area contributed by atoms with E-state index in [2.05, 4.69) is 23.5 Å². The number of fused-ring (bicyclic) bond motifs is 1. The van der Waals surface area contributed by atoms with Crippen LogP contribution in [-0.2, 0) is 27.7 Å². The zero-order chi connectivity index (χ0) is 20.3. The molecule has 0 fully saturated rings. The Bertz CT molecular complexity index is 952. The van der Waals surface area contributed by atoms with Gasteiger partial charge in [0.1, 0.15) is 6.54 Å². The van der Waals surface area contributed by atoms with Gasteiger partial charge in [-0.3, -0.25) is 9.10 Å². The lowest BCUT2D eigenvalue weighted by Gasteiger charge is -2.24. The summed E-state index contributed by atoms with van der Waals surface area (Å²) >= 11 is 0. The predicted octanol–water partition coefficient (Wildman–Crippen LogP) is 3.52. The van der Waals surface area contributed by atoms with E-state index in [4.69, 9.17) is 0 Å². The second kappa shape index (κ2) is 8.35. The van der Waals surface area contributed by atoms with E-state index < -0.39 is 10.0 Å². The highest BCUT2D eigenvalue weighted by atomic mass is 32.2. The van der Waals surface area contributed by atoms with E-state index in [9.17, 15) is 13.2 Å². The van der Waals surface area contributed by atoms with Gasteiger partial charge in [-0.15, -0.1) is 0 Å². The van der Waals surface area contributed by atoms with E-state index >= 15 is 0 Å². The Kier molecular flexibility index (Phi) is 6.08. The fourth-order valence-corrected chi connectivity index (χ4v) is 4.49. The molecule has 5 nitrogen and oxygen atoms in total. The van der Waals surface area contributed by atoms with Crippen LogP contribution in [0.3, 0.4) is 0 Å². The van der Waals surface area contributed by atoms with Crippen molar-refractivity contribution in [2.75, 3.05) is 17.1 Å². The Morgan fingerprint density at radius 3 is 2.36 bits per heavy atom. The molecule has 150 valence electrons. The number of aryl methyl sites for hydroxylation is 3. The highest BCUT2D eigenvalue weighted by Crippen LogP contribution is 2.25. The van der Waals surface area contributed by atoms with Gasteiger partial charge >= 0.3 is 0 Å². The van der Waals surface area contributed by atoms with Crippen molar-refractivity contribution in [1.82, 2.24) is 5.32 Å². The first kappa shape index (κ1) is 20.4. The van der Waals surface area contributed by atoms with Gasteiger partial charge < -0.3 is 5.32 Å². The minimum absolute atomic E-state index is 0.181. The van der Waals surface area contributed by atoms with Gasteiger partial charge in [0.2, 0.25) is 15.9 Å². The number of carbonyl (C=O) groups is 1. The number of nitrogens with one attached hydrogen (secondary N) is 1. The highest BCUT2D eigenvalue weighted by molar-refractivity contribution is 7.92. The number of hydrogen-bond acceptors (Lipinski definition) is 3. The minimum Gasteiger partial charge on any atom is -0.348 e. The quantitative estimate of drug-likeness (QED) is 0.807. The van der Waals surface area contributed by atoms with Crippen LogP contribution in [0, 0.1) is 6.92 Å². The van der Waals surface area contributed by atoms with Crippen molar-refractivity contribution in [3.05, 3.63) is 64.7 Å². The second-order valence-corrected chi connectivity index (χ2v) is 9.54. The van der Waals surface area contributed by atoms with Crippen molar-refractivity contribution in [2.24, 2.45) is 0 Å². The van der Waals surface area contributed by atoms with Crippen LogP contribution in [0.2, 0.25) is 0 Å². The standard InChI is InChI=1S/C22H28N2O3S/c1-16-8-12-21(13-9-16)24(28(3,26)27)15-22(25)23-17(2)19-11-10-18-6-4-5-7-20(18)14-19/h8-14,17H,4-7,15H2,1-3H3,(H,23,25)/t17-/m1/s1. The fourth-order valence-electron chi connectivity index (χ4n) is 3.63. The monoisotopic (exact) mass is 400 g/mol. The third kappa shape index (κ3) is 4.93. The molecule has 0 radical (unpaired) electrons. The van der Waals surface area contributed by atoms with Crippen molar-refractivity contribution in [3.8, 4) is 0 Å². The molecule has 0 aromatic heterocycles. The number of carbonyl (C=O) groups excluding carboxylic acids is 1. The molecule has 1 N–H and O–H groups in total. The van der Waals surface area contributed by atoms with E-state index in [1.807, 2.05) is 26.0 Å². The molecule has 0 saturated carbocycles. The van der Waals surface area contributed by atoms with Crippen LogP contribution in [0.1, 0.15) is 48.1 Å². The molecule has 2 aromatic rings. The van der Waals surface area contributed by atoms with Gasteiger partial charge in [0.25, 0.3) is 0 Å². The van der Waals surface area contributed by atoms with E-state index in [0.717, 1.165) is 34.5 Å². The average molecular weight is 401 g/mol. The first-order valence-electron chi connectivity index (χ1n) is 9.69. The molecule has 0 bridgehead atoms. The lowest BCUT2D eigenvalue weighted by molar-refractivity contribution is -0.120. The van der Waals surface area contributed by atoms with Crippen molar-refractivity contribution in [3.63, 3.8) is 0 Å². The third-order valence-electron chi connectivity index (χ3n) is 5.26. The van der Waals surface area contributed by atoms with E-state index in [-0.39, 0.29) is 18.5 Å². The average Bonchev–Trinajstić information content (AvgIpc) is 2.65. The molecule has 1 aliphatic rings. The van der Waals surface area contributed by atoms with Crippen LogP contribution in [0.15, 0.2) is 42.5 Å². The largest absolute Gasteiger partial charge is 0.348 e. The summed E-state index contributed by atoms with van der Waals surface area (Å²) in [6, 6.07) is 13.3. The van der Waals surface area contributed by atoms with Crippen molar-refractivity contribution in [1.29, 1.82) is 0 Å². The normalized spacial score (nSPS) is 14.8. The van der Waals surface area contributed by atoms with E-state index in [1.165, 1.54) is 24.0 Å². The van der Waals surface area contributed by atoms with E-state index in [1.54, 1.807) is 12.1 Å². The van der Waals surface area contributed by atoms with Crippen molar-refractivity contribution in [2.45, 2.75) is 45.6 Å². The van der Waals surface area contributed by atoms with Gasteiger partial charge in [-0.2, -0.15) is 0 Å². The number of anilines is 1. The lowest BCUT2D eigenvalue weighted by atomic mass is 9.89. The summed E-state index contributed by atoms with van der Waals surface area (Å²) in [5.41, 5.74) is 5.33. The molecule has 0 spiro atoms. The van der Waals surface area contributed by atoms with Gasteiger partial charge in [0, 0.05) is 0 Å². The molecular weight excluding hydrogens is 372 g/mol. The first-order chi connectivity index (χ1) is 13.2. The third-order valence-corrected chi connectivity index (χ3v) is 6.40. The summed E-state index contributed by atoms with van der Waals surface area (Å²) in [5.74, 6) is -0.323. The van der Waals surface area contributed by atoms with Crippen LogP contribution in [-0.4, -0.2) is 27.1 Å². The molecule has 1 aliphatic carbocycles. The number of hydrogen-bond donors (Lipinski definition) is 1. The minimum atomic E-state index is -3.57. The molecule has 0 unspecified atom stereocenters. The predicted molar refractivity (Wildman–Crippen MR) is 113 cm³/mol. The van der Waals surface area contributed by atoms with Crippen molar-refractivity contribution >= 4 is 21.6 Å². The van der Waals surface area contributed by atoms with Gasteiger partial charge in [-0.25, -0.2) is 8.42 Å². The maximum atomic E-state index is 12.6. The number of nitrogens with zero attached hydrogens (tertiary/aromatic N) is 1. The first-order valence-corrected chi connectivity index (χ1v) is 11.5. The molecule has 0 heterocycles. The number of sulfonamides is 1. The molecule has 1 atom stereocenters. The molecule has 0 aliphatic heterocycles. The Morgan fingerprint density at radius 2 is 1.71 bits per heavy atom. The summed E-state index contributed by atoms with van der Waals surface area (Å²) in [6.07, 6.45) is 5.76. The van der Waals surface area contributed by atoms with Gasteiger partial charge in [0.15, 0.2) is 0 Å². The summed E-state index contributed by atoms with van der Waals surface area (Å²) < 4.78 is 25.6. The molecule has 2 aromatic carbocycles. The topological polar surface area (TPSA) is 66.5 Å². The smallest absolute Gasteiger partial charge is 0.241 e. The lowest BCUT2D eigenvalue weighted by Crippen LogP contribution is -2.41. The molecule has 1 amide bonds. The summed E-state index contributed by atoms with van der Waals surface area (Å²) in [4.78, 5) is 12.6. The number of benzene rings is 2. The molecule has 3 rings (SSSR count). The fraction of sp³-hybridized carbons (Fsp3) is 0.409. The van der Waals surface area contributed by atoms with Crippen LogP contribution in [0.5, 0.6) is 0 Å². The summed E-state index contributed by atoms with van der Waals surface area (Å²) in [5, 5.41) is 2.94. The van der Waals surface area contributed by atoms with Crippen LogP contribution in [0.25, 0.3) is 0 Å². The van der Waals surface area contributed by atoms with Gasteiger partial charge in [0.05, 0.1) is 18.0 Å². The Morgan fingerprint density at radius 1 is 1.07 bits per heavy atom. The SMILES string of the molecule is Cc1ccc(N(CC(=O)N[C@H](C)c2ccc3c(c2)CCCC3)S(C)(=O)=O)cc1. The molecule has 6 heteroatoms. The van der Waals surface area contributed by atoms with E-state index in [0.29, 0.717) is 5.69 Å². The Labute approximate surface area is 167 Å². The number of amides is 1. The van der Waals surface area contributed by atoms with Crippen LogP contribution in [0.4, 0.5) is 5.69 Å². The number of rotatable bonds is 6.